The molecule has 0 saturated heterocycles. The normalized spacial score (nSPS) is 12.7. The lowest BCUT2D eigenvalue weighted by Gasteiger charge is -2.15. The van der Waals surface area contributed by atoms with Gasteiger partial charge in [-0.3, -0.25) is 0 Å². The smallest absolute Gasteiger partial charge is 0.114 e. The Balaban J connectivity index is 2.45. The molecule has 0 spiro atoms. The molecule has 0 saturated carbocycles. The Bertz CT molecular complexity index is 527. The van der Waals surface area contributed by atoms with Crippen molar-refractivity contribution < 1.29 is 0 Å². The first-order valence-electron chi connectivity index (χ1n) is 5.16. The number of thiazole rings is 1. The third-order valence-electron chi connectivity index (χ3n) is 2.44. The second-order valence-electron chi connectivity index (χ2n) is 3.71. The summed E-state index contributed by atoms with van der Waals surface area (Å²) in [6.07, 6.45) is 0. The molecule has 0 amide bonds. The number of benzene rings is 1. The van der Waals surface area contributed by atoms with Crippen LogP contribution in [-0.2, 0) is 0 Å². The fraction of sp³-hybridized carbons (Fsp3) is 0.250. The Kier molecular flexibility index (Phi) is 4.20. The van der Waals surface area contributed by atoms with Crippen LogP contribution >= 0.6 is 38.9 Å². The quantitative estimate of drug-likeness (QED) is 0.913. The van der Waals surface area contributed by atoms with E-state index in [4.69, 9.17) is 11.6 Å². The molecular weight excluding hydrogens is 320 g/mol. The number of rotatable bonds is 3. The van der Waals surface area contributed by atoms with E-state index in [1.54, 1.807) is 11.3 Å². The Hall–Kier alpha value is -0.420. The number of nitrogens with zero attached hydrogens (tertiary/aromatic N) is 1. The average Bonchev–Trinajstić information content (AvgIpc) is 2.71. The third kappa shape index (κ3) is 2.88. The van der Waals surface area contributed by atoms with E-state index in [-0.39, 0.29) is 6.04 Å². The first kappa shape index (κ1) is 13.0. The van der Waals surface area contributed by atoms with E-state index in [9.17, 15) is 0 Å². The second kappa shape index (κ2) is 5.48. The van der Waals surface area contributed by atoms with Crippen LogP contribution < -0.4 is 5.32 Å². The summed E-state index contributed by atoms with van der Waals surface area (Å²) in [5, 5.41) is 7.09. The maximum atomic E-state index is 6.24. The van der Waals surface area contributed by atoms with Crippen molar-refractivity contribution in [2.75, 3.05) is 7.05 Å². The molecule has 1 atom stereocenters. The fourth-order valence-corrected chi connectivity index (χ4v) is 3.18. The van der Waals surface area contributed by atoms with Gasteiger partial charge >= 0.3 is 0 Å². The maximum Gasteiger partial charge on any atom is 0.114 e. The monoisotopic (exact) mass is 330 g/mol. The van der Waals surface area contributed by atoms with E-state index in [1.165, 1.54) is 0 Å². The zero-order chi connectivity index (χ0) is 12.4. The Morgan fingerprint density at radius 2 is 2.24 bits per heavy atom. The molecule has 1 N–H and O–H groups in total. The highest BCUT2D eigenvalue weighted by atomic mass is 79.9. The summed E-state index contributed by atoms with van der Waals surface area (Å²) in [6.45, 7) is 2.00. The molecule has 5 heteroatoms. The van der Waals surface area contributed by atoms with Crippen LogP contribution in [-0.4, -0.2) is 12.0 Å². The fourth-order valence-electron chi connectivity index (χ4n) is 1.65. The molecule has 0 fully saturated rings. The predicted octanol–water partition coefficient (Wildman–Crippen LogP) is 4.18. The first-order valence-corrected chi connectivity index (χ1v) is 7.21. The summed E-state index contributed by atoms with van der Waals surface area (Å²) in [7, 11) is 1.92. The van der Waals surface area contributed by atoms with Gasteiger partial charge in [-0.25, -0.2) is 4.98 Å². The lowest BCUT2D eigenvalue weighted by molar-refractivity contribution is 0.685. The number of halogens is 2. The minimum Gasteiger partial charge on any atom is -0.307 e. The van der Waals surface area contributed by atoms with Crippen LogP contribution in [0.1, 0.15) is 22.3 Å². The highest BCUT2D eigenvalue weighted by Crippen LogP contribution is 2.31. The number of aryl methyl sites for hydroxylation is 1. The first-order chi connectivity index (χ1) is 8.11. The number of nitrogens with one attached hydrogen (secondary N) is 1. The van der Waals surface area contributed by atoms with Crippen LogP contribution in [0.2, 0.25) is 5.02 Å². The van der Waals surface area contributed by atoms with Crippen LogP contribution in [0, 0.1) is 6.92 Å². The minimum absolute atomic E-state index is 0.0405. The van der Waals surface area contributed by atoms with Gasteiger partial charge in [-0.05, 0) is 37.7 Å². The second-order valence-corrected chi connectivity index (χ2v) is 5.93. The highest BCUT2D eigenvalue weighted by Gasteiger charge is 2.18. The van der Waals surface area contributed by atoms with Crippen molar-refractivity contribution in [1.29, 1.82) is 0 Å². The lowest BCUT2D eigenvalue weighted by Crippen LogP contribution is -2.18. The van der Waals surface area contributed by atoms with Crippen LogP contribution in [0.25, 0.3) is 0 Å². The van der Waals surface area contributed by atoms with Gasteiger partial charge in [0.15, 0.2) is 0 Å². The van der Waals surface area contributed by atoms with Crippen molar-refractivity contribution in [3.8, 4) is 0 Å². The standard InChI is InChI=1S/C12H12BrClN2S/c1-7-6-17-12(16-7)11(15-2)9-5-8(13)3-4-10(9)14/h3-6,11,15H,1-2H3. The number of aromatic nitrogens is 1. The van der Waals surface area contributed by atoms with Gasteiger partial charge in [0.05, 0.1) is 6.04 Å². The van der Waals surface area contributed by atoms with E-state index in [0.29, 0.717) is 0 Å². The summed E-state index contributed by atoms with van der Waals surface area (Å²) in [6, 6.07) is 5.90. The van der Waals surface area contributed by atoms with Crippen molar-refractivity contribution in [2.45, 2.75) is 13.0 Å². The third-order valence-corrected chi connectivity index (χ3v) is 4.31. The lowest BCUT2D eigenvalue weighted by atomic mass is 10.1. The molecule has 0 aliphatic carbocycles. The molecule has 17 heavy (non-hydrogen) atoms. The van der Waals surface area contributed by atoms with Crippen molar-refractivity contribution in [1.82, 2.24) is 10.3 Å². The molecule has 0 aliphatic heterocycles. The van der Waals surface area contributed by atoms with Gasteiger partial charge in [0.1, 0.15) is 5.01 Å². The van der Waals surface area contributed by atoms with Gasteiger partial charge in [0.25, 0.3) is 0 Å². The molecular formula is C12H12BrClN2S. The molecule has 2 aromatic rings. The molecule has 90 valence electrons. The van der Waals surface area contributed by atoms with E-state index >= 15 is 0 Å². The van der Waals surface area contributed by atoms with E-state index in [2.05, 4.69) is 26.2 Å². The highest BCUT2D eigenvalue weighted by molar-refractivity contribution is 9.10. The predicted molar refractivity (Wildman–Crippen MR) is 76.9 cm³/mol. The van der Waals surface area contributed by atoms with Crippen molar-refractivity contribution >= 4 is 38.9 Å². The Morgan fingerprint density at radius 3 is 2.82 bits per heavy atom. The minimum atomic E-state index is 0.0405. The largest absolute Gasteiger partial charge is 0.307 e. The maximum absolute atomic E-state index is 6.24. The zero-order valence-electron chi connectivity index (χ0n) is 9.50. The van der Waals surface area contributed by atoms with Crippen LogP contribution in [0.4, 0.5) is 0 Å². The summed E-state index contributed by atoms with van der Waals surface area (Å²) < 4.78 is 1.02. The van der Waals surface area contributed by atoms with Crippen LogP contribution in [0.5, 0.6) is 0 Å². The molecule has 1 unspecified atom stereocenters. The summed E-state index contributed by atoms with van der Waals surface area (Å²) >= 11 is 11.4. The van der Waals surface area contributed by atoms with Gasteiger partial charge in [0.2, 0.25) is 0 Å². The molecule has 1 aromatic carbocycles. The zero-order valence-corrected chi connectivity index (χ0v) is 12.7. The van der Waals surface area contributed by atoms with Gasteiger partial charge in [-0.1, -0.05) is 27.5 Å². The summed E-state index contributed by atoms with van der Waals surface area (Å²) in [5.74, 6) is 0. The molecule has 0 aliphatic rings. The summed E-state index contributed by atoms with van der Waals surface area (Å²) in [4.78, 5) is 4.51. The van der Waals surface area contributed by atoms with Crippen LogP contribution in [0.3, 0.4) is 0 Å². The molecule has 0 bridgehead atoms. The van der Waals surface area contributed by atoms with Crippen molar-refractivity contribution in [2.24, 2.45) is 0 Å². The van der Waals surface area contributed by atoms with E-state index in [1.807, 2.05) is 37.6 Å². The van der Waals surface area contributed by atoms with E-state index in [0.717, 1.165) is 25.8 Å². The molecule has 0 radical (unpaired) electrons. The summed E-state index contributed by atoms with van der Waals surface area (Å²) in [5.41, 5.74) is 2.08. The SMILES string of the molecule is CNC(c1nc(C)cs1)c1cc(Br)ccc1Cl. The topological polar surface area (TPSA) is 24.9 Å². The van der Waals surface area contributed by atoms with Gasteiger partial charge in [-0.2, -0.15) is 0 Å². The van der Waals surface area contributed by atoms with Gasteiger partial charge in [0, 0.05) is 20.6 Å². The van der Waals surface area contributed by atoms with Crippen LogP contribution in [0.15, 0.2) is 28.1 Å². The molecule has 2 rings (SSSR count). The molecule has 2 nitrogen and oxygen atoms in total. The van der Waals surface area contributed by atoms with Crippen molar-refractivity contribution in [3.63, 3.8) is 0 Å². The average molecular weight is 332 g/mol. The van der Waals surface area contributed by atoms with Gasteiger partial charge in [-0.15, -0.1) is 11.3 Å². The Morgan fingerprint density at radius 1 is 1.47 bits per heavy atom. The van der Waals surface area contributed by atoms with Crippen molar-refractivity contribution in [3.05, 3.63) is 49.3 Å². The Labute approximate surface area is 118 Å². The number of hydrogen-bond donors (Lipinski definition) is 1. The number of hydrogen-bond acceptors (Lipinski definition) is 3. The van der Waals surface area contributed by atoms with E-state index < -0.39 is 0 Å². The molecule has 1 aromatic heterocycles. The van der Waals surface area contributed by atoms with Gasteiger partial charge < -0.3 is 5.32 Å². The molecule has 1 heterocycles.